The Balaban J connectivity index is 1.45. The van der Waals surface area contributed by atoms with Gasteiger partial charge in [0, 0.05) is 38.4 Å². The van der Waals surface area contributed by atoms with Crippen molar-refractivity contribution in [1.29, 1.82) is 5.26 Å². The van der Waals surface area contributed by atoms with E-state index in [2.05, 4.69) is 36.9 Å². The molecule has 0 N–H and O–H groups in total. The predicted molar refractivity (Wildman–Crippen MR) is 101 cm³/mol. The molecule has 1 atom stereocenters. The van der Waals surface area contributed by atoms with Crippen LogP contribution in [0.1, 0.15) is 41.5 Å². The van der Waals surface area contributed by atoms with Gasteiger partial charge in [0.05, 0.1) is 11.6 Å². The number of hydrogen-bond acceptors (Lipinski definition) is 5. The fourth-order valence-corrected chi connectivity index (χ4v) is 3.81. The van der Waals surface area contributed by atoms with Gasteiger partial charge in [-0.05, 0) is 43.1 Å². The Kier molecular flexibility index (Phi) is 4.99. The molecule has 0 aliphatic carbocycles. The number of aromatic nitrogens is 5. The predicted octanol–water partition coefficient (Wildman–Crippen LogP) is 2.31. The van der Waals surface area contributed by atoms with Crippen LogP contribution in [0.4, 0.5) is 0 Å². The summed E-state index contributed by atoms with van der Waals surface area (Å²) in [6.45, 7) is 3.54. The van der Waals surface area contributed by atoms with Crippen molar-refractivity contribution >= 4 is 0 Å². The van der Waals surface area contributed by atoms with E-state index in [-0.39, 0.29) is 0 Å². The van der Waals surface area contributed by atoms with Crippen LogP contribution in [0.2, 0.25) is 0 Å². The minimum absolute atomic E-state index is 0.377. The molecule has 7 nitrogen and oxygen atoms in total. The molecule has 2 aromatic heterocycles. The first-order valence-corrected chi connectivity index (χ1v) is 9.30. The molecular formula is C20H23N7. The van der Waals surface area contributed by atoms with Crippen molar-refractivity contribution in [2.45, 2.75) is 31.8 Å². The highest BCUT2D eigenvalue weighted by Gasteiger charge is 2.26. The second-order valence-corrected chi connectivity index (χ2v) is 7.12. The van der Waals surface area contributed by atoms with Gasteiger partial charge >= 0.3 is 0 Å². The Morgan fingerprint density at radius 2 is 2.15 bits per heavy atom. The monoisotopic (exact) mass is 361 g/mol. The second-order valence-electron chi connectivity index (χ2n) is 7.12. The van der Waals surface area contributed by atoms with Gasteiger partial charge in [-0.2, -0.15) is 10.4 Å². The number of rotatable bonds is 5. The Hall–Kier alpha value is -2.98. The zero-order valence-electron chi connectivity index (χ0n) is 15.5. The molecule has 138 valence electrons. The van der Waals surface area contributed by atoms with Gasteiger partial charge in [0.25, 0.3) is 0 Å². The molecule has 27 heavy (non-hydrogen) atoms. The zero-order valence-corrected chi connectivity index (χ0v) is 15.5. The third-order valence-electron chi connectivity index (χ3n) is 5.19. The van der Waals surface area contributed by atoms with Crippen LogP contribution in [0.15, 0.2) is 42.7 Å². The Morgan fingerprint density at radius 1 is 1.22 bits per heavy atom. The third-order valence-corrected chi connectivity index (χ3v) is 5.19. The van der Waals surface area contributed by atoms with E-state index in [9.17, 15) is 0 Å². The van der Waals surface area contributed by atoms with Crippen LogP contribution >= 0.6 is 0 Å². The van der Waals surface area contributed by atoms with Crippen molar-refractivity contribution in [2.24, 2.45) is 7.05 Å². The zero-order chi connectivity index (χ0) is 18.6. The Morgan fingerprint density at radius 3 is 2.96 bits per heavy atom. The summed E-state index contributed by atoms with van der Waals surface area (Å²) in [6.07, 6.45) is 5.98. The molecule has 1 aliphatic rings. The molecule has 1 aliphatic heterocycles. The largest absolute Gasteiger partial charge is 0.316 e. The van der Waals surface area contributed by atoms with Crippen LogP contribution < -0.4 is 0 Å². The Labute approximate surface area is 158 Å². The molecule has 3 heterocycles. The molecule has 7 heteroatoms. The van der Waals surface area contributed by atoms with E-state index in [0.717, 1.165) is 49.7 Å². The molecule has 3 aromatic rings. The van der Waals surface area contributed by atoms with Gasteiger partial charge in [-0.3, -0.25) is 9.58 Å². The Bertz CT molecular complexity index is 936. The summed E-state index contributed by atoms with van der Waals surface area (Å²) >= 11 is 0. The van der Waals surface area contributed by atoms with Crippen LogP contribution in [0, 0.1) is 11.3 Å². The summed E-state index contributed by atoms with van der Waals surface area (Å²) in [5, 5.41) is 22.2. The highest BCUT2D eigenvalue weighted by atomic mass is 15.3. The minimum atomic E-state index is 0.377. The van der Waals surface area contributed by atoms with Crippen LogP contribution in [0.3, 0.4) is 0 Å². The molecule has 0 saturated carbocycles. The van der Waals surface area contributed by atoms with E-state index < -0.39 is 0 Å². The molecule has 0 bridgehead atoms. The highest BCUT2D eigenvalue weighted by Crippen LogP contribution is 2.27. The van der Waals surface area contributed by atoms with Crippen molar-refractivity contribution in [2.75, 3.05) is 13.1 Å². The second kappa shape index (κ2) is 7.72. The third kappa shape index (κ3) is 3.91. The number of likely N-dealkylation sites (tertiary alicyclic amines) is 1. The maximum atomic E-state index is 9.10. The smallest absolute Gasteiger partial charge is 0.154 e. The molecule has 1 unspecified atom stereocenters. The molecule has 0 radical (unpaired) electrons. The van der Waals surface area contributed by atoms with Crippen molar-refractivity contribution in [1.82, 2.24) is 29.4 Å². The SMILES string of the molecule is Cn1c(Cn2cccn2)nnc1C1CCCN(Cc2cccc(C#N)c2)C1. The van der Waals surface area contributed by atoms with E-state index in [4.69, 9.17) is 5.26 Å². The number of benzene rings is 1. The first kappa shape index (κ1) is 17.4. The van der Waals surface area contributed by atoms with Crippen molar-refractivity contribution in [3.63, 3.8) is 0 Å². The first-order valence-electron chi connectivity index (χ1n) is 9.30. The van der Waals surface area contributed by atoms with Crippen LogP contribution in [-0.2, 0) is 20.1 Å². The lowest BCUT2D eigenvalue weighted by molar-refractivity contribution is 0.195. The molecule has 0 spiro atoms. The fraction of sp³-hybridized carbons (Fsp3) is 0.400. The average Bonchev–Trinajstić information content (AvgIpc) is 3.33. The maximum Gasteiger partial charge on any atom is 0.154 e. The summed E-state index contributed by atoms with van der Waals surface area (Å²) in [5.74, 6) is 2.35. The van der Waals surface area contributed by atoms with E-state index in [1.54, 1.807) is 6.20 Å². The first-order chi connectivity index (χ1) is 13.2. The molecular weight excluding hydrogens is 338 g/mol. The number of nitriles is 1. The topological polar surface area (TPSA) is 75.6 Å². The standard InChI is InChI=1S/C20H23N7/c1-25-19(15-27-10-4-8-22-27)23-24-20(25)18-7-3-9-26(14-18)13-17-6-2-5-16(11-17)12-21/h2,4-6,8,10-11,18H,3,7,9,13-15H2,1H3. The highest BCUT2D eigenvalue weighted by molar-refractivity contribution is 5.32. The lowest BCUT2D eigenvalue weighted by Gasteiger charge is -2.32. The summed E-state index contributed by atoms with van der Waals surface area (Å²) in [5.41, 5.74) is 1.91. The number of nitrogens with zero attached hydrogens (tertiary/aromatic N) is 7. The number of hydrogen-bond donors (Lipinski definition) is 0. The summed E-state index contributed by atoms with van der Waals surface area (Å²) in [4.78, 5) is 2.45. The fourth-order valence-electron chi connectivity index (χ4n) is 3.81. The molecule has 1 fully saturated rings. The van der Waals surface area contributed by atoms with Crippen molar-refractivity contribution < 1.29 is 0 Å². The van der Waals surface area contributed by atoms with Crippen molar-refractivity contribution in [3.8, 4) is 6.07 Å². The lowest BCUT2D eigenvalue weighted by Crippen LogP contribution is -2.34. The van der Waals surface area contributed by atoms with E-state index >= 15 is 0 Å². The summed E-state index contributed by atoms with van der Waals surface area (Å²) < 4.78 is 3.98. The van der Waals surface area contributed by atoms with Gasteiger partial charge in [-0.15, -0.1) is 10.2 Å². The average molecular weight is 361 g/mol. The van der Waals surface area contributed by atoms with Gasteiger partial charge in [0.15, 0.2) is 5.82 Å². The quantitative estimate of drug-likeness (QED) is 0.697. The maximum absolute atomic E-state index is 9.10. The molecule has 1 saturated heterocycles. The normalized spacial score (nSPS) is 17.7. The van der Waals surface area contributed by atoms with E-state index in [1.807, 2.05) is 42.2 Å². The van der Waals surface area contributed by atoms with E-state index in [0.29, 0.717) is 12.5 Å². The van der Waals surface area contributed by atoms with Gasteiger partial charge in [0.2, 0.25) is 0 Å². The van der Waals surface area contributed by atoms with Crippen molar-refractivity contribution in [3.05, 3.63) is 65.5 Å². The summed E-state index contributed by atoms with van der Waals surface area (Å²) in [6, 6.07) is 12.0. The van der Waals surface area contributed by atoms with Crippen LogP contribution in [0.5, 0.6) is 0 Å². The number of piperidine rings is 1. The van der Waals surface area contributed by atoms with E-state index in [1.165, 1.54) is 5.56 Å². The molecule has 1 aromatic carbocycles. The minimum Gasteiger partial charge on any atom is -0.316 e. The van der Waals surface area contributed by atoms with Gasteiger partial charge in [-0.25, -0.2) is 0 Å². The van der Waals surface area contributed by atoms with Gasteiger partial charge in [0.1, 0.15) is 12.4 Å². The molecule has 0 amide bonds. The van der Waals surface area contributed by atoms with Gasteiger partial charge in [-0.1, -0.05) is 12.1 Å². The van der Waals surface area contributed by atoms with Gasteiger partial charge < -0.3 is 4.57 Å². The van der Waals surface area contributed by atoms with Crippen LogP contribution in [0.25, 0.3) is 0 Å². The van der Waals surface area contributed by atoms with Crippen LogP contribution in [-0.4, -0.2) is 42.5 Å². The summed E-state index contributed by atoms with van der Waals surface area (Å²) in [7, 11) is 2.05. The lowest BCUT2D eigenvalue weighted by atomic mass is 9.96. The molecule has 4 rings (SSSR count).